The number of nitrogens with zero attached hydrogens (tertiary/aromatic N) is 4. The monoisotopic (exact) mass is 445 g/mol. The average molecular weight is 446 g/mol. The van der Waals surface area contributed by atoms with Crippen LogP contribution in [0.15, 0.2) is 73.1 Å². The molecule has 0 aliphatic carbocycles. The van der Waals surface area contributed by atoms with Crippen LogP contribution in [0.5, 0.6) is 0 Å². The second-order valence-corrected chi connectivity index (χ2v) is 8.12. The summed E-state index contributed by atoms with van der Waals surface area (Å²) < 4.78 is 5.58. The molecule has 2 aromatic carbocycles. The lowest BCUT2D eigenvalue weighted by atomic mass is 10.0. The summed E-state index contributed by atoms with van der Waals surface area (Å²) in [7, 11) is 0. The highest BCUT2D eigenvalue weighted by molar-refractivity contribution is 6.31. The zero-order chi connectivity index (χ0) is 21.8. The Hall–Kier alpha value is -3.06. The lowest BCUT2D eigenvalue weighted by Crippen LogP contribution is -2.41. The molecule has 1 atom stereocenters. The van der Waals surface area contributed by atoms with Crippen molar-refractivity contribution in [3.63, 3.8) is 0 Å². The van der Waals surface area contributed by atoms with E-state index < -0.39 is 0 Å². The third kappa shape index (κ3) is 4.43. The Morgan fingerprint density at radius 3 is 2.50 bits per heavy atom. The van der Waals surface area contributed by atoms with Crippen LogP contribution in [0.1, 0.15) is 11.6 Å². The molecule has 1 aliphatic rings. The molecule has 2 aromatic heterocycles. The first kappa shape index (κ1) is 20.8. The zero-order valence-corrected chi connectivity index (χ0v) is 18.4. The van der Waals surface area contributed by atoms with E-state index in [1.165, 1.54) is 0 Å². The molecule has 0 radical (unpaired) electrons. The lowest BCUT2D eigenvalue weighted by molar-refractivity contribution is 0.0187. The number of rotatable bonds is 6. The molecule has 7 heteroatoms. The van der Waals surface area contributed by atoms with Crippen LogP contribution in [0.3, 0.4) is 0 Å². The molecule has 4 aromatic rings. The molecule has 0 amide bonds. The van der Waals surface area contributed by atoms with Gasteiger partial charge in [0, 0.05) is 48.0 Å². The van der Waals surface area contributed by atoms with Gasteiger partial charge >= 0.3 is 0 Å². The quantitative estimate of drug-likeness (QED) is 0.458. The molecular formula is C25H24ClN5O. The van der Waals surface area contributed by atoms with Gasteiger partial charge in [0.1, 0.15) is 5.82 Å². The maximum atomic E-state index is 6.60. The van der Waals surface area contributed by atoms with Crippen LogP contribution in [0.4, 0.5) is 5.82 Å². The van der Waals surface area contributed by atoms with E-state index in [1.807, 2.05) is 54.6 Å². The fraction of sp³-hybridized carbons (Fsp3) is 0.240. The Balaban J connectivity index is 1.50. The van der Waals surface area contributed by atoms with Crippen LogP contribution in [-0.4, -0.2) is 52.7 Å². The standard InChI is InChI=1S/C25H24ClN5O/c26-21-7-3-1-5-19(21)23(31-13-15-32-16-14-31)17-28-25-20-6-2-4-8-22(20)29-24(30-25)18-9-11-27-12-10-18/h1-12,23H,13-17H2,(H,28,29,30). The second kappa shape index (κ2) is 9.61. The fourth-order valence-electron chi connectivity index (χ4n) is 4.11. The molecule has 5 rings (SSSR count). The van der Waals surface area contributed by atoms with Crippen LogP contribution in [0.25, 0.3) is 22.3 Å². The van der Waals surface area contributed by atoms with Crippen molar-refractivity contribution in [1.29, 1.82) is 0 Å². The molecule has 1 saturated heterocycles. The van der Waals surface area contributed by atoms with Crippen molar-refractivity contribution >= 4 is 28.3 Å². The van der Waals surface area contributed by atoms with Crippen LogP contribution in [0.2, 0.25) is 5.02 Å². The van der Waals surface area contributed by atoms with Crippen LogP contribution < -0.4 is 5.32 Å². The average Bonchev–Trinajstić information content (AvgIpc) is 2.86. The molecular weight excluding hydrogens is 422 g/mol. The SMILES string of the molecule is Clc1ccccc1C(CNc1nc(-c2ccncc2)nc2ccccc12)N1CCOCC1. The number of nitrogens with one attached hydrogen (secondary N) is 1. The molecule has 1 unspecified atom stereocenters. The van der Waals surface area contributed by atoms with Gasteiger partial charge in [-0.1, -0.05) is 41.9 Å². The number of halogens is 1. The zero-order valence-electron chi connectivity index (χ0n) is 17.6. The molecule has 1 aliphatic heterocycles. The number of morpholine rings is 1. The normalized spacial score (nSPS) is 15.5. The number of para-hydroxylation sites is 1. The summed E-state index contributed by atoms with van der Waals surface area (Å²) in [5.74, 6) is 1.49. The number of aromatic nitrogens is 3. The number of hydrogen-bond acceptors (Lipinski definition) is 6. The molecule has 32 heavy (non-hydrogen) atoms. The Kier molecular flexibility index (Phi) is 6.25. The third-order valence-electron chi connectivity index (χ3n) is 5.76. The molecule has 0 saturated carbocycles. The minimum absolute atomic E-state index is 0.103. The van der Waals surface area contributed by atoms with Crippen LogP contribution in [-0.2, 0) is 4.74 Å². The topological polar surface area (TPSA) is 63.2 Å². The Bertz CT molecular complexity index is 1200. The summed E-state index contributed by atoms with van der Waals surface area (Å²) in [6.45, 7) is 3.85. The number of pyridine rings is 1. The van der Waals surface area contributed by atoms with Crippen molar-refractivity contribution in [2.45, 2.75) is 6.04 Å². The van der Waals surface area contributed by atoms with Gasteiger partial charge in [0.05, 0.1) is 24.8 Å². The first-order valence-corrected chi connectivity index (χ1v) is 11.1. The number of ether oxygens (including phenoxy) is 1. The van der Waals surface area contributed by atoms with E-state index in [4.69, 9.17) is 26.3 Å². The first-order chi connectivity index (χ1) is 15.8. The number of fused-ring (bicyclic) bond motifs is 1. The summed E-state index contributed by atoms with van der Waals surface area (Å²) in [6, 6.07) is 20.1. The van der Waals surface area contributed by atoms with Gasteiger partial charge in [-0.05, 0) is 35.9 Å². The maximum absolute atomic E-state index is 6.60. The van der Waals surface area contributed by atoms with Gasteiger partial charge in [-0.3, -0.25) is 9.88 Å². The van der Waals surface area contributed by atoms with Gasteiger partial charge in [-0.2, -0.15) is 0 Å². The summed E-state index contributed by atoms with van der Waals surface area (Å²) in [5, 5.41) is 5.38. The van der Waals surface area contributed by atoms with Gasteiger partial charge in [-0.15, -0.1) is 0 Å². The maximum Gasteiger partial charge on any atom is 0.162 e. The summed E-state index contributed by atoms with van der Waals surface area (Å²) >= 11 is 6.60. The minimum Gasteiger partial charge on any atom is -0.379 e. The third-order valence-corrected chi connectivity index (χ3v) is 6.10. The van der Waals surface area contributed by atoms with E-state index in [1.54, 1.807) is 12.4 Å². The van der Waals surface area contributed by atoms with Crippen molar-refractivity contribution in [1.82, 2.24) is 19.9 Å². The predicted octanol–water partition coefficient (Wildman–Crippen LogP) is 4.83. The molecule has 3 heterocycles. The van der Waals surface area contributed by atoms with E-state index >= 15 is 0 Å². The fourth-order valence-corrected chi connectivity index (χ4v) is 4.37. The molecule has 1 fully saturated rings. The highest BCUT2D eigenvalue weighted by Gasteiger charge is 2.24. The second-order valence-electron chi connectivity index (χ2n) is 7.72. The van der Waals surface area contributed by atoms with Crippen LogP contribution >= 0.6 is 11.6 Å². The summed E-state index contributed by atoms with van der Waals surface area (Å²) in [4.78, 5) is 16.2. The van der Waals surface area contributed by atoms with Gasteiger partial charge in [0.2, 0.25) is 0 Å². The number of hydrogen-bond donors (Lipinski definition) is 1. The highest BCUT2D eigenvalue weighted by Crippen LogP contribution is 2.30. The smallest absolute Gasteiger partial charge is 0.162 e. The molecule has 1 N–H and O–H groups in total. The Morgan fingerprint density at radius 1 is 0.938 bits per heavy atom. The molecule has 0 bridgehead atoms. The van der Waals surface area contributed by atoms with E-state index in [0.717, 1.165) is 59.2 Å². The number of benzene rings is 2. The van der Waals surface area contributed by atoms with Gasteiger partial charge in [0.15, 0.2) is 5.82 Å². The van der Waals surface area contributed by atoms with Crippen LogP contribution in [0, 0.1) is 0 Å². The van der Waals surface area contributed by atoms with Crippen molar-refractivity contribution in [3.05, 3.63) is 83.6 Å². The highest BCUT2D eigenvalue weighted by atomic mass is 35.5. The summed E-state index contributed by atoms with van der Waals surface area (Å²) in [5.41, 5.74) is 2.94. The lowest BCUT2D eigenvalue weighted by Gasteiger charge is -2.35. The molecule has 162 valence electrons. The molecule has 0 spiro atoms. The molecule has 6 nitrogen and oxygen atoms in total. The minimum atomic E-state index is 0.103. The van der Waals surface area contributed by atoms with Gasteiger partial charge in [0.25, 0.3) is 0 Å². The first-order valence-electron chi connectivity index (χ1n) is 10.8. The van der Waals surface area contributed by atoms with Crippen molar-refractivity contribution in [2.75, 3.05) is 38.2 Å². The van der Waals surface area contributed by atoms with E-state index in [9.17, 15) is 0 Å². The Morgan fingerprint density at radius 2 is 1.69 bits per heavy atom. The van der Waals surface area contributed by atoms with E-state index in [0.29, 0.717) is 12.4 Å². The van der Waals surface area contributed by atoms with E-state index in [-0.39, 0.29) is 6.04 Å². The van der Waals surface area contributed by atoms with Crippen molar-refractivity contribution in [3.8, 4) is 11.4 Å². The largest absolute Gasteiger partial charge is 0.379 e. The van der Waals surface area contributed by atoms with Crippen molar-refractivity contribution in [2.24, 2.45) is 0 Å². The number of anilines is 1. The van der Waals surface area contributed by atoms with Gasteiger partial charge < -0.3 is 10.1 Å². The van der Waals surface area contributed by atoms with Crippen molar-refractivity contribution < 1.29 is 4.74 Å². The van der Waals surface area contributed by atoms with E-state index in [2.05, 4.69) is 21.3 Å². The van der Waals surface area contributed by atoms with Gasteiger partial charge in [-0.25, -0.2) is 9.97 Å². The summed E-state index contributed by atoms with van der Waals surface area (Å²) in [6.07, 6.45) is 3.51. The Labute approximate surface area is 192 Å². The predicted molar refractivity (Wildman–Crippen MR) is 128 cm³/mol.